The minimum Gasteiger partial charge on any atom is -0.496 e. The van der Waals surface area contributed by atoms with Crippen molar-refractivity contribution in [2.75, 3.05) is 26.7 Å². The Labute approximate surface area is 120 Å². The number of nitrogens with one attached hydrogen (secondary N) is 1. The van der Waals surface area contributed by atoms with Gasteiger partial charge in [0.05, 0.1) is 7.11 Å². The molecule has 0 saturated carbocycles. The molecular formula is C15H23ClN2O. The average molecular weight is 283 g/mol. The Morgan fingerprint density at radius 2 is 2.11 bits per heavy atom. The standard InChI is InChI=1S/C15H23ClN2O/c1-3-17-12-7-9-18(10-8-12)11-13-14(16)5-4-6-15(13)19-2/h4-6,12,17H,3,7-11H2,1-2H3. The predicted octanol–water partition coefficient (Wildman–Crippen LogP) is 2.92. The van der Waals surface area contributed by atoms with Crippen molar-refractivity contribution in [1.82, 2.24) is 10.2 Å². The largest absolute Gasteiger partial charge is 0.496 e. The molecule has 0 aromatic heterocycles. The van der Waals surface area contributed by atoms with E-state index in [0.717, 1.165) is 42.5 Å². The molecule has 1 aromatic carbocycles. The van der Waals surface area contributed by atoms with Gasteiger partial charge >= 0.3 is 0 Å². The molecule has 1 fully saturated rings. The third kappa shape index (κ3) is 3.85. The molecule has 1 aromatic rings. The third-order valence-corrected chi connectivity index (χ3v) is 4.11. The molecule has 4 heteroatoms. The summed E-state index contributed by atoms with van der Waals surface area (Å²) in [5.74, 6) is 0.890. The second kappa shape index (κ2) is 7.13. The van der Waals surface area contributed by atoms with Gasteiger partial charge in [0.1, 0.15) is 5.75 Å². The maximum absolute atomic E-state index is 6.29. The van der Waals surface area contributed by atoms with Gasteiger partial charge in [0.15, 0.2) is 0 Å². The number of benzene rings is 1. The number of piperidine rings is 1. The number of methoxy groups -OCH3 is 1. The van der Waals surface area contributed by atoms with E-state index in [-0.39, 0.29) is 0 Å². The van der Waals surface area contributed by atoms with Crippen LogP contribution in [0.4, 0.5) is 0 Å². The molecule has 0 aliphatic carbocycles. The zero-order valence-corrected chi connectivity index (χ0v) is 12.5. The van der Waals surface area contributed by atoms with Gasteiger partial charge in [-0.3, -0.25) is 4.90 Å². The molecule has 19 heavy (non-hydrogen) atoms. The van der Waals surface area contributed by atoms with E-state index in [1.165, 1.54) is 12.8 Å². The van der Waals surface area contributed by atoms with E-state index in [1.54, 1.807) is 7.11 Å². The first-order valence-electron chi connectivity index (χ1n) is 7.01. The van der Waals surface area contributed by atoms with Crippen LogP contribution in [0.15, 0.2) is 18.2 Å². The van der Waals surface area contributed by atoms with Crippen molar-refractivity contribution >= 4 is 11.6 Å². The lowest BCUT2D eigenvalue weighted by atomic mass is 10.0. The highest BCUT2D eigenvalue weighted by atomic mass is 35.5. The summed E-state index contributed by atoms with van der Waals surface area (Å²) < 4.78 is 5.40. The van der Waals surface area contributed by atoms with E-state index in [2.05, 4.69) is 17.1 Å². The molecule has 0 spiro atoms. The summed E-state index contributed by atoms with van der Waals surface area (Å²) in [6.07, 6.45) is 2.42. The van der Waals surface area contributed by atoms with E-state index < -0.39 is 0 Å². The van der Waals surface area contributed by atoms with Crippen molar-refractivity contribution in [3.8, 4) is 5.75 Å². The Hall–Kier alpha value is -0.770. The first-order chi connectivity index (χ1) is 9.24. The van der Waals surface area contributed by atoms with Crippen molar-refractivity contribution in [3.63, 3.8) is 0 Å². The molecule has 1 aliphatic heterocycles. The molecule has 0 radical (unpaired) electrons. The van der Waals surface area contributed by atoms with Gasteiger partial charge in [-0.2, -0.15) is 0 Å². The molecular weight excluding hydrogens is 260 g/mol. The van der Waals surface area contributed by atoms with Gasteiger partial charge in [0.25, 0.3) is 0 Å². The number of halogens is 1. The van der Waals surface area contributed by atoms with E-state index in [4.69, 9.17) is 16.3 Å². The fourth-order valence-corrected chi connectivity index (χ4v) is 2.92. The lowest BCUT2D eigenvalue weighted by molar-refractivity contribution is 0.190. The van der Waals surface area contributed by atoms with Gasteiger partial charge in [-0.05, 0) is 44.6 Å². The van der Waals surface area contributed by atoms with Gasteiger partial charge in [-0.15, -0.1) is 0 Å². The maximum atomic E-state index is 6.29. The second-order valence-corrected chi connectivity index (χ2v) is 5.44. The smallest absolute Gasteiger partial charge is 0.124 e. The number of nitrogens with zero attached hydrogens (tertiary/aromatic N) is 1. The lowest BCUT2D eigenvalue weighted by Crippen LogP contribution is -2.42. The quantitative estimate of drug-likeness (QED) is 0.899. The van der Waals surface area contributed by atoms with Crippen LogP contribution in [-0.2, 0) is 6.54 Å². The van der Waals surface area contributed by atoms with Gasteiger partial charge in [0, 0.05) is 23.2 Å². The Balaban J connectivity index is 1.96. The van der Waals surface area contributed by atoms with Crippen LogP contribution in [0, 0.1) is 0 Å². The molecule has 1 aliphatic rings. The number of likely N-dealkylation sites (tertiary alicyclic amines) is 1. The van der Waals surface area contributed by atoms with Crippen LogP contribution in [0.1, 0.15) is 25.3 Å². The van der Waals surface area contributed by atoms with Crippen molar-refractivity contribution in [2.24, 2.45) is 0 Å². The molecule has 0 atom stereocenters. The van der Waals surface area contributed by atoms with E-state index >= 15 is 0 Å². The Kier molecular flexibility index (Phi) is 5.49. The highest BCUT2D eigenvalue weighted by Gasteiger charge is 2.20. The highest BCUT2D eigenvalue weighted by Crippen LogP contribution is 2.28. The number of rotatable bonds is 5. The summed E-state index contributed by atoms with van der Waals surface area (Å²) in [5.41, 5.74) is 1.11. The summed E-state index contributed by atoms with van der Waals surface area (Å²) in [7, 11) is 1.70. The van der Waals surface area contributed by atoms with Crippen molar-refractivity contribution in [3.05, 3.63) is 28.8 Å². The molecule has 3 nitrogen and oxygen atoms in total. The Morgan fingerprint density at radius 3 is 2.74 bits per heavy atom. The van der Waals surface area contributed by atoms with Gasteiger partial charge in [-0.25, -0.2) is 0 Å². The number of ether oxygens (including phenoxy) is 1. The minimum atomic E-state index is 0.675. The van der Waals surface area contributed by atoms with Crippen LogP contribution in [0.25, 0.3) is 0 Å². The van der Waals surface area contributed by atoms with Crippen molar-refractivity contribution < 1.29 is 4.74 Å². The monoisotopic (exact) mass is 282 g/mol. The van der Waals surface area contributed by atoms with Gasteiger partial charge < -0.3 is 10.1 Å². The summed E-state index contributed by atoms with van der Waals surface area (Å²) in [5, 5.41) is 4.32. The van der Waals surface area contributed by atoms with Crippen LogP contribution in [-0.4, -0.2) is 37.7 Å². The number of hydrogen-bond donors (Lipinski definition) is 1. The Morgan fingerprint density at radius 1 is 1.37 bits per heavy atom. The molecule has 1 N–H and O–H groups in total. The Bertz CT molecular complexity index is 403. The topological polar surface area (TPSA) is 24.5 Å². The zero-order valence-electron chi connectivity index (χ0n) is 11.8. The minimum absolute atomic E-state index is 0.675. The first-order valence-corrected chi connectivity index (χ1v) is 7.39. The maximum Gasteiger partial charge on any atom is 0.124 e. The second-order valence-electron chi connectivity index (χ2n) is 5.03. The van der Waals surface area contributed by atoms with Crippen LogP contribution < -0.4 is 10.1 Å². The van der Waals surface area contributed by atoms with E-state index in [9.17, 15) is 0 Å². The lowest BCUT2D eigenvalue weighted by Gasteiger charge is -2.32. The van der Waals surface area contributed by atoms with Gasteiger partial charge in [0.2, 0.25) is 0 Å². The zero-order chi connectivity index (χ0) is 13.7. The van der Waals surface area contributed by atoms with Crippen molar-refractivity contribution in [2.45, 2.75) is 32.4 Å². The summed E-state index contributed by atoms with van der Waals surface area (Å²) >= 11 is 6.29. The molecule has 2 rings (SSSR count). The molecule has 0 amide bonds. The average Bonchev–Trinajstić information content (AvgIpc) is 2.43. The molecule has 106 valence electrons. The molecule has 1 heterocycles. The van der Waals surface area contributed by atoms with E-state index in [1.807, 2.05) is 18.2 Å². The first kappa shape index (κ1) is 14.6. The predicted molar refractivity (Wildman–Crippen MR) is 80.0 cm³/mol. The van der Waals surface area contributed by atoms with Crippen LogP contribution >= 0.6 is 11.6 Å². The van der Waals surface area contributed by atoms with E-state index in [0.29, 0.717) is 6.04 Å². The molecule has 0 unspecified atom stereocenters. The SMILES string of the molecule is CCNC1CCN(Cc2c(Cl)cccc2OC)CC1. The fourth-order valence-electron chi connectivity index (χ4n) is 2.69. The van der Waals surface area contributed by atoms with Crippen molar-refractivity contribution in [1.29, 1.82) is 0 Å². The normalized spacial score (nSPS) is 17.6. The third-order valence-electron chi connectivity index (χ3n) is 3.76. The fraction of sp³-hybridized carbons (Fsp3) is 0.600. The highest BCUT2D eigenvalue weighted by molar-refractivity contribution is 6.31. The summed E-state index contributed by atoms with van der Waals surface area (Å²) in [4.78, 5) is 2.46. The molecule has 1 saturated heterocycles. The van der Waals surface area contributed by atoms with Crippen LogP contribution in [0.2, 0.25) is 5.02 Å². The molecule has 0 bridgehead atoms. The number of hydrogen-bond acceptors (Lipinski definition) is 3. The summed E-state index contributed by atoms with van der Waals surface area (Å²) in [6, 6.07) is 6.52. The van der Waals surface area contributed by atoms with Crippen LogP contribution in [0.3, 0.4) is 0 Å². The summed E-state index contributed by atoms with van der Waals surface area (Å²) in [6.45, 7) is 6.34. The van der Waals surface area contributed by atoms with Crippen LogP contribution in [0.5, 0.6) is 5.75 Å². The van der Waals surface area contributed by atoms with Gasteiger partial charge in [-0.1, -0.05) is 24.6 Å².